The molecule has 1 aromatic carbocycles. The first-order valence-electron chi connectivity index (χ1n) is 7.39. The van der Waals surface area contributed by atoms with Crippen LogP contribution in [-0.4, -0.2) is 28.3 Å². The summed E-state index contributed by atoms with van der Waals surface area (Å²) in [6.07, 6.45) is 6.45. The number of anilines is 3. The second-order valence-corrected chi connectivity index (χ2v) is 6.14. The third-order valence-electron chi connectivity index (χ3n) is 3.63. The van der Waals surface area contributed by atoms with E-state index in [1.807, 2.05) is 0 Å². The lowest BCUT2D eigenvalue weighted by Gasteiger charge is -2.19. The van der Waals surface area contributed by atoms with E-state index in [1.165, 1.54) is 25.7 Å². The van der Waals surface area contributed by atoms with Gasteiger partial charge in [-0.05, 0) is 31.0 Å². The Kier molecular flexibility index (Phi) is 4.95. The Morgan fingerprint density at radius 1 is 1.05 bits per heavy atom. The average Bonchev–Trinajstić information content (AvgIpc) is 2.80. The van der Waals surface area contributed by atoms with Gasteiger partial charge in [0.15, 0.2) is 5.82 Å². The van der Waals surface area contributed by atoms with Crippen LogP contribution in [0.15, 0.2) is 24.4 Å². The molecular formula is C15H17Cl2N5. The summed E-state index contributed by atoms with van der Waals surface area (Å²) in [5.74, 6) is 1.27. The molecule has 1 aliphatic rings. The Morgan fingerprint density at radius 3 is 2.59 bits per heavy atom. The quantitative estimate of drug-likeness (QED) is 0.904. The molecule has 0 spiro atoms. The summed E-state index contributed by atoms with van der Waals surface area (Å²) >= 11 is 12.2. The van der Waals surface area contributed by atoms with Gasteiger partial charge in [0, 0.05) is 18.1 Å². The van der Waals surface area contributed by atoms with Crippen LogP contribution in [0, 0.1) is 0 Å². The standard InChI is InChI=1S/C15H17Cl2N5/c16-11-5-6-12(17)13(9-11)19-14-10-18-21-15(20-14)22-7-3-1-2-4-8-22/h5-6,9-10H,1-4,7-8H2,(H,19,20,21). The molecule has 0 saturated carbocycles. The van der Waals surface area contributed by atoms with E-state index in [2.05, 4.69) is 25.4 Å². The molecule has 0 unspecified atom stereocenters. The molecule has 0 atom stereocenters. The van der Waals surface area contributed by atoms with Gasteiger partial charge in [0.05, 0.1) is 16.9 Å². The predicted octanol–water partition coefficient (Wildman–Crippen LogP) is 4.30. The summed E-state index contributed by atoms with van der Waals surface area (Å²) < 4.78 is 0. The molecular weight excluding hydrogens is 321 g/mol. The minimum Gasteiger partial charge on any atom is -0.339 e. The van der Waals surface area contributed by atoms with E-state index in [1.54, 1.807) is 24.4 Å². The molecule has 2 aromatic rings. The number of hydrogen-bond donors (Lipinski definition) is 1. The number of nitrogens with one attached hydrogen (secondary N) is 1. The normalized spacial score (nSPS) is 15.5. The highest BCUT2D eigenvalue weighted by Crippen LogP contribution is 2.28. The van der Waals surface area contributed by atoms with Crippen LogP contribution in [0.4, 0.5) is 17.5 Å². The summed E-state index contributed by atoms with van der Waals surface area (Å²) in [6.45, 7) is 1.95. The molecule has 1 aliphatic heterocycles. The van der Waals surface area contributed by atoms with E-state index < -0.39 is 0 Å². The monoisotopic (exact) mass is 337 g/mol. The highest BCUT2D eigenvalue weighted by molar-refractivity contribution is 6.35. The Labute approximate surface area is 139 Å². The van der Waals surface area contributed by atoms with Crippen molar-refractivity contribution >= 4 is 40.7 Å². The SMILES string of the molecule is Clc1ccc(Cl)c(Nc2cnnc(N3CCCCCC3)n2)c1. The second-order valence-electron chi connectivity index (χ2n) is 5.29. The van der Waals surface area contributed by atoms with Gasteiger partial charge in [-0.2, -0.15) is 10.1 Å². The molecule has 0 amide bonds. The lowest BCUT2D eigenvalue weighted by atomic mass is 10.2. The van der Waals surface area contributed by atoms with Crippen molar-refractivity contribution in [2.75, 3.05) is 23.3 Å². The van der Waals surface area contributed by atoms with Gasteiger partial charge < -0.3 is 10.2 Å². The third kappa shape index (κ3) is 3.78. The maximum atomic E-state index is 6.16. The third-order valence-corrected chi connectivity index (χ3v) is 4.19. The summed E-state index contributed by atoms with van der Waals surface area (Å²) in [6, 6.07) is 5.25. The zero-order valence-corrected chi connectivity index (χ0v) is 13.6. The topological polar surface area (TPSA) is 53.9 Å². The molecule has 5 nitrogen and oxygen atoms in total. The number of nitrogens with zero attached hydrogens (tertiary/aromatic N) is 4. The largest absolute Gasteiger partial charge is 0.339 e. The van der Waals surface area contributed by atoms with E-state index >= 15 is 0 Å². The number of hydrogen-bond acceptors (Lipinski definition) is 5. The van der Waals surface area contributed by atoms with Crippen molar-refractivity contribution in [3.05, 3.63) is 34.4 Å². The Balaban J connectivity index is 1.80. The first-order chi connectivity index (χ1) is 10.7. The van der Waals surface area contributed by atoms with E-state index in [9.17, 15) is 0 Å². The molecule has 1 aromatic heterocycles. The molecule has 22 heavy (non-hydrogen) atoms. The van der Waals surface area contributed by atoms with Gasteiger partial charge in [0.25, 0.3) is 0 Å². The van der Waals surface area contributed by atoms with E-state index in [0.29, 0.717) is 27.5 Å². The van der Waals surface area contributed by atoms with E-state index in [4.69, 9.17) is 23.2 Å². The van der Waals surface area contributed by atoms with Crippen LogP contribution in [0.1, 0.15) is 25.7 Å². The van der Waals surface area contributed by atoms with Crippen molar-refractivity contribution in [3.63, 3.8) is 0 Å². The fourth-order valence-corrected chi connectivity index (χ4v) is 2.83. The Hall–Kier alpha value is -1.59. The predicted molar refractivity (Wildman–Crippen MR) is 90.3 cm³/mol. The van der Waals surface area contributed by atoms with Crippen molar-refractivity contribution in [3.8, 4) is 0 Å². The molecule has 0 bridgehead atoms. The molecule has 2 heterocycles. The summed E-state index contributed by atoms with van der Waals surface area (Å²) in [4.78, 5) is 6.73. The van der Waals surface area contributed by atoms with Crippen LogP contribution in [0.25, 0.3) is 0 Å². The first-order valence-corrected chi connectivity index (χ1v) is 8.15. The lowest BCUT2D eigenvalue weighted by molar-refractivity contribution is 0.726. The number of aromatic nitrogens is 3. The van der Waals surface area contributed by atoms with Crippen LogP contribution < -0.4 is 10.2 Å². The van der Waals surface area contributed by atoms with E-state index in [-0.39, 0.29) is 0 Å². The van der Waals surface area contributed by atoms with Crippen molar-refractivity contribution in [1.82, 2.24) is 15.2 Å². The van der Waals surface area contributed by atoms with Crippen LogP contribution in [0.3, 0.4) is 0 Å². The van der Waals surface area contributed by atoms with Crippen molar-refractivity contribution in [2.45, 2.75) is 25.7 Å². The Bertz CT molecular complexity index is 642. The zero-order chi connectivity index (χ0) is 15.4. The maximum absolute atomic E-state index is 6.16. The second kappa shape index (κ2) is 7.11. The van der Waals surface area contributed by atoms with Gasteiger partial charge in [0.1, 0.15) is 0 Å². The molecule has 7 heteroatoms. The number of halogens is 2. The Morgan fingerprint density at radius 2 is 1.82 bits per heavy atom. The zero-order valence-electron chi connectivity index (χ0n) is 12.1. The molecule has 116 valence electrons. The van der Waals surface area contributed by atoms with Crippen molar-refractivity contribution < 1.29 is 0 Å². The highest BCUT2D eigenvalue weighted by atomic mass is 35.5. The molecule has 0 aliphatic carbocycles. The fraction of sp³-hybridized carbons (Fsp3) is 0.400. The van der Waals surface area contributed by atoms with Crippen LogP contribution in [0.2, 0.25) is 10.0 Å². The van der Waals surface area contributed by atoms with Crippen molar-refractivity contribution in [1.29, 1.82) is 0 Å². The average molecular weight is 338 g/mol. The molecule has 3 rings (SSSR count). The van der Waals surface area contributed by atoms with Crippen LogP contribution >= 0.6 is 23.2 Å². The van der Waals surface area contributed by atoms with Crippen LogP contribution in [0.5, 0.6) is 0 Å². The summed E-state index contributed by atoms with van der Waals surface area (Å²) in [5.41, 5.74) is 0.705. The minimum absolute atomic E-state index is 0.583. The fourth-order valence-electron chi connectivity index (χ4n) is 2.49. The highest BCUT2D eigenvalue weighted by Gasteiger charge is 2.13. The first kappa shape index (κ1) is 15.3. The van der Waals surface area contributed by atoms with Gasteiger partial charge in [-0.25, -0.2) is 0 Å². The van der Waals surface area contributed by atoms with Crippen molar-refractivity contribution in [2.24, 2.45) is 0 Å². The smallest absolute Gasteiger partial charge is 0.247 e. The van der Waals surface area contributed by atoms with Gasteiger partial charge in [0.2, 0.25) is 5.95 Å². The van der Waals surface area contributed by atoms with Gasteiger partial charge in [-0.1, -0.05) is 36.0 Å². The summed E-state index contributed by atoms with van der Waals surface area (Å²) in [5, 5.41) is 12.5. The van der Waals surface area contributed by atoms with Gasteiger partial charge >= 0.3 is 0 Å². The van der Waals surface area contributed by atoms with E-state index in [0.717, 1.165) is 13.1 Å². The minimum atomic E-state index is 0.583. The molecule has 1 fully saturated rings. The van der Waals surface area contributed by atoms with Gasteiger partial charge in [-0.15, -0.1) is 5.10 Å². The maximum Gasteiger partial charge on any atom is 0.247 e. The lowest BCUT2D eigenvalue weighted by Crippen LogP contribution is -2.26. The van der Waals surface area contributed by atoms with Gasteiger partial charge in [-0.3, -0.25) is 0 Å². The summed E-state index contributed by atoms with van der Waals surface area (Å²) in [7, 11) is 0. The number of rotatable bonds is 3. The van der Waals surface area contributed by atoms with Crippen LogP contribution in [-0.2, 0) is 0 Å². The molecule has 1 N–H and O–H groups in total. The molecule has 0 radical (unpaired) electrons. The molecule has 1 saturated heterocycles. The number of benzene rings is 1.